The SMILES string of the molecule is CC1C=C(n2c(=O)[nH]c(=O)n(-c3ccccc3)c2=O)C=CC1. The number of hydrogen-bond donors (Lipinski definition) is 1. The van der Waals surface area contributed by atoms with Crippen LogP contribution in [0.1, 0.15) is 13.3 Å². The van der Waals surface area contributed by atoms with E-state index in [-0.39, 0.29) is 5.92 Å². The molecule has 0 aliphatic heterocycles. The molecular formula is C16H15N3O3. The van der Waals surface area contributed by atoms with Gasteiger partial charge >= 0.3 is 17.1 Å². The molecule has 0 amide bonds. The summed E-state index contributed by atoms with van der Waals surface area (Å²) in [5, 5.41) is 0. The molecule has 0 radical (unpaired) electrons. The number of hydrogen-bond acceptors (Lipinski definition) is 3. The Labute approximate surface area is 125 Å². The van der Waals surface area contributed by atoms with E-state index in [4.69, 9.17) is 0 Å². The molecule has 22 heavy (non-hydrogen) atoms. The van der Waals surface area contributed by atoms with Crippen molar-refractivity contribution in [3.8, 4) is 5.69 Å². The van der Waals surface area contributed by atoms with Gasteiger partial charge in [0.15, 0.2) is 0 Å². The first kappa shape index (κ1) is 14.1. The van der Waals surface area contributed by atoms with Crippen molar-refractivity contribution in [3.05, 3.63) is 80.0 Å². The van der Waals surface area contributed by atoms with Crippen molar-refractivity contribution in [2.24, 2.45) is 5.92 Å². The highest BCUT2D eigenvalue weighted by molar-refractivity contribution is 5.58. The number of rotatable bonds is 2. The van der Waals surface area contributed by atoms with E-state index in [9.17, 15) is 14.4 Å². The van der Waals surface area contributed by atoms with Crippen molar-refractivity contribution in [2.45, 2.75) is 13.3 Å². The van der Waals surface area contributed by atoms with Gasteiger partial charge in [0.25, 0.3) is 0 Å². The van der Waals surface area contributed by atoms with Crippen LogP contribution in [0.2, 0.25) is 0 Å². The molecule has 1 aliphatic rings. The third-order valence-electron chi connectivity index (χ3n) is 3.53. The number of aromatic nitrogens is 3. The summed E-state index contributed by atoms with van der Waals surface area (Å²) in [5.41, 5.74) is -1.26. The fourth-order valence-electron chi connectivity index (χ4n) is 2.48. The minimum Gasteiger partial charge on any atom is -0.258 e. The zero-order valence-corrected chi connectivity index (χ0v) is 12.0. The maximum atomic E-state index is 12.6. The summed E-state index contributed by atoms with van der Waals surface area (Å²) >= 11 is 0. The largest absolute Gasteiger partial charge is 0.345 e. The quantitative estimate of drug-likeness (QED) is 0.902. The maximum Gasteiger partial charge on any atom is 0.345 e. The normalized spacial score (nSPS) is 17.3. The molecular weight excluding hydrogens is 282 g/mol. The highest BCUT2D eigenvalue weighted by atomic mass is 16.2. The topological polar surface area (TPSA) is 76.9 Å². The Morgan fingerprint density at radius 1 is 1.05 bits per heavy atom. The Kier molecular flexibility index (Phi) is 3.50. The van der Waals surface area contributed by atoms with Crippen molar-refractivity contribution >= 4 is 5.70 Å². The van der Waals surface area contributed by atoms with Crippen LogP contribution in [-0.4, -0.2) is 14.1 Å². The van der Waals surface area contributed by atoms with Gasteiger partial charge in [-0.3, -0.25) is 4.98 Å². The van der Waals surface area contributed by atoms with E-state index < -0.39 is 17.1 Å². The molecule has 1 aromatic carbocycles. The summed E-state index contributed by atoms with van der Waals surface area (Å²) in [7, 11) is 0. The molecule has 6 nitrogen and oxygen atoms in total. The molecule has 1 N–H and O–H groups in total. The number of nitrogens with one attached hydrogen (secondary N) is 1. The van der Waals surface area contributed by atoms with Crippen molar-refractivity contribution < 1.29 is 0 Å². The van der Waals surface area contributed by atoms with Gasteiger partial charge in [-0.2, -0.15) is 0 Å². The summed E-state index contributed by atoms with van der Waals surface area (Å²) in [6.45, 7) is 2.00. The molecule has 1 aliphatic carbocycles. The lowest BCUT2D eigenvalue weighted by Gasteiger charge is -2.14. The molecule has 112 valence electrons. The van der Waals surface area contributed by atoms with Crippen LogP contribution >= 0.6 is 0 Å². The molecule has 2 aromatic rings. The molecule has 1 unspecified atom stereocenters. The molecule has 1 aromatic heterocycles. The molecule has 0 saturated heterocycles. The first-order chi connectivity index (χ1) is 10.6. The van der Waals surface area contributed by atoms with Crippen LogP contribution in [0.5, 0.6) is 0 Å². The van der Waals surface area contributed by atoms with Crippen LogP contribution in [0.15, 0.2) is 62.9 Å². The van der Waals surface area contributed by atoms with Crippen molar-refractivity contribution in [1.29, 1.82) is 0 Å². The molecule has 6 heteroatoms. The van der Waals surface area contributed by atoms with Gasteiger partial charge in [-0.15, -0.1) is 0 Å². The molecule has 0 spiro atoms. The lowest BCUT2D eigenvalue weighted by molar-refractivity contribution is 0.698. The predicted molar refractivity (Wildman–Crippen MR) is 84.1 cm³/mol. The Bertz CT molecular complexity index is 930. The van der Waals surface area contributed by atoms with Crippen LogP contribution in [0.3, 0.4) is 0 Å². The summed E-state index contributed by atoms with van der Waals surface area (Å²) in [6, 6.07) is 8.50. The second-order valence-corrected chi connectivity index (χ2v) is 5.23. The third kappa shape index (κ3) is 2.39. The van der Waals surface area contributed by atoms with Gasteiger partial charge in [0.2, 0.25) is 0 Å². The van der Waals surface area contributed by atoms with Gasteiger partial charge in [-0.25, -0.2) is 23.5 Å². The van der Waals surface area contributed by atoms with Crippen molar-refractivity contribution in [2.75, 3.05) is 0 Å². The minimum absolute atomic E-state index is 0.225. The summed E-state index contributed by atoms with van der Waals surface area (Å²) < 4.78 is 1.94. The molecule has 1 atom stereocenters. The lowest BCUT2D eigenvalue weighted by Crippen LogP contribution is -2.48. The van der Waals surface area contributed by atoms with Crippen LogP contribution in [0, 0.1) is 5.92 Å². The van der Waals surface area contributed by atoms with Crippen molar-refractivity contribution in [3.63, 3.8) is 0 Å². The molecule has 0 saturated carbocycles. The van der Waals surface area contributed by atoms with Gasteiger partial charge in [-0.1, -0.05) is 37.3 Å². The van der Waals surface area contributed by atoms with Gasteiger partial charge in [0, 0.05) is 0 Å². The van der Waals surface area contributed by atoms with E-state index in [0.29, 0.717) is 11.4 Å². The Hall–Kier alpha value is -2.89. The highest BCUT2D eigenvalue weighted by Crippen LogP contribution is 2.17. The minimum atomic E-state index is -0.745. The second-order valence-electron chi connectivity index (χ2n) is 5.23. The van der Waals surface area contributed by atoms with E-state index in [1.165, 1.54) is 0 Å². The number of H-pyrrole nitrogens is 1. The lowest BCUT2D eigenvalue weighted by atomic mass is 10.0. The highest BCUT2D eigenvalue weighted by Gasteiger charge is 2.15. The fraction of sp³-hybridized carbons (Fsp3) is 0.188. The van der Waals surface area contributed by atoms with Gasteiger partial charge in [0.05, 0.1) is 11.4 Å². The Morgan fingerprint density at radius 2 is 1.73 bits per heavy atom. The molecule has 0 fully saturated rings. The number of allylic oxidation sites excluding steroid dienone is 4. The first-order valence-corrected chi connectivity index (χ1v) is 7.00. The second kappa shape index (κ2) is 5.48. The summed E-state index contributed by atoms with van der Waals surface area (Å²) in [6.07, 6.45) is 6.32. The zero-order chi connectivity index (χ0) is 15.7. The van der Waals surface area contributed by atoms with E-state index >= 15 is 0 Å². The van der Waals surface area contributed by atoms with Gasteiger partial charge in [-0.05, 0) is 30.5 Å². The average Bonchev–Trinajstić information content (AvgIpc) is 2.48. The Balaban J connectivity index is 2.30. The summed E-state index contributed by atoms with van der Waals surface area (Å²) in [5.74, 6) is 0.225. The molecule has 0 bridgehead atoms. The van der Waals surface area contributed by atoms with E-state index in [0.717, 1.165) is 15.6 Å². The van der Waals surface area contributed by atoms with Crippen LogP contribution < -0.4 is 17.1 Å². The number of aromatic amines is 1. The number of para-hydroxylation sites is 1. The van der Waals surface area contributed by atoms with Crippen LogP contribution in [0.4, 0.5) is 0 Å². The van der Waals surface area contributed by atoms with E-state index in [1.807, 2.05) is 19.1 Å². The van der Waals surface area contributed by atoms with Crippen molar-refractivity contribution in [1.82, 2.24) is 14.1 Å². The fourth-order valence-corrected chi connectivity index (χ4v) is 2.48. The van der Waals surface area contributed by atoms with Gasteiger partial charge in [0.1, 0.15) is 0 Å². The standard InChI is InChI=1S/C16H15N3O3/c1-11-6-5-9-13(10-11)19-15(21)17-14(20)18(16(19)22)12-7-3-2-4-8-12/h2-5,7-11H,6H2,1H3,(H,17,20,21). The molecule has 3 rings (SSSR count). The van der Waals surface area contributed by atoms with Crippen LogP contribution in [-0.2, 0) is 0 Å². The monoisotopic (exact) mass is 297 g/mol. The predicted octanol–water partition coefficient (Wildman–Crippen LogP) is 1.12. The smallest absolute Gasteiger partial charge is 0.258 e. The third-order valence-corrected chi connectivity index (χ3v) is 3.53. The van der Waals surface area contributed by atoms with Gasteiger partial charge < -0.3 is 0 Å². The molecule has 1 heterocycles. The first-order valence-electron chi connectivity index (χ1n) is 7.00. The number of benzene rings is 1. The zero-order valence-electron chi connectivity index (χ0n) is 12.0. The Morgan fingerprint density at radius 3 is 2.41 bits per heavy atom. The van der Waals surface area contributed by atoms with E-state index in [2.05, 4.69) is 4.98 Å². The average molecular weight is 297 g/mol. The number of nitrogens with zero attached hydrogens (tertiary/aromatic N) is 2. The maximum absolute atomic E-state index is 12.6. The van der Waals surface area contributed by atoms with E-state index in [1.54, 1.807) is 36.4 Å². The summed E-state index contributed by atoms with van der Waals surface area (Å²) in [4.78, 5) is 38.9. The van der Waals surface area contributed by atoms with Crippen LogP contribution in [0.25, 0.3) is 11.4 Å².